The molecule has 0 fully saturated rings. The Bertz CT molecular complexity index is 665. The zero-order valence-electron chi connectivity index (χ0n) is 10.8. The number of halogens is 3. The van der Waals surface area contributed by atoms with Gasteiger partial charge in [-0.25, -0.2) is 13.8 Å². The number of nitrogens with one attached hydrogen (secondary N) is 1. The number of aromatic amines is 1. The molecule has 0 bridgehead atoms. The Morgan fingerprint density at radius 3 is 2.50 bits per heavy atom. The lowest BCUT2D eigenvalue weighted by Crippen LogP contribution is -2.03. The third-order valence-electron chi connectivity index (χ3n) is 2.78. The van der Waals surface area contributed by atoms with Crippen molar-refractivity contribution in [2.75, 3.05) is 0 Å². The van der Waals surface area contributed by atoms with Crippen LogP contribution in [0.15, 0.2) is 22.7 Å². The Hall–Kier alpha value is -1.14. The molecule has 0 spiro atoms. The van der Waals surface area contributed by atoms with Gasteiger partial charge in [-0.3, -0.25) is 0 Å². The average molecular weight is 359 g/mol. The molecule has 1 aromatic heterocycles. The first kappa shape index (κ1) is 15.3. The van der Waals surface area contributed by atoms with Crippen LogP contribution in [-0.4, -0.2) is 9.97 Å². The first-order valence-corrected chi connectivity index (χ1v) is 7.42. The summed E-state index contributed by atoms with van der Waals surface area (Å²) >= 11 is 8.59. The van der Waals surface area contributed by atoms with Gasteiger partial charge in [-0.1, -0.05) is 25.6 Å². The molecule has 1 N–H and O–H groups in total. The Morgan fingerprint density at radius 2 is 1.90 bits per heavy atom. The molecule has 0 aliphatic rings. The van der Waals surface area contributed by atoms with Crippen LogP contribution in [0.25, 0.3) is 0 Å². The molecule has 2 nitrogen and oxygen atoms in total. The summed E-state index contributed by atoms with van der Waals surface area (Å²) in [5.74, 6) is -0.583. The van der Waals surface area contributed by atoms with E-state index in [0.29, 0.717) is 22.4 Å². The van der Waals surface area contributed by atoms with E-state index < -0.39 is 11.6 Å². The van der Waals surface area contributed by atoms with Gasteiger partial charge in [0.05, 0.1) is 4.47 Å². The van der Waals surface area contributed by atoms with Crippen LogP contribution in [0, 0.1) is 16.3 Å². The maximum absolute atomic E-state index is 13.2. The van der Waals surface area contributed by atoms with Gasteiger partial charge in [0.2, 0.25) is 0 Å². The van der Waals surface area contributed by atoms with Crippen LogP contribution in [0.4, 0.5) is 8.78 Å². The number of rotatable bonds is 4. The van der Waals surface area contributed by atoms with Gasteiger partial charge in [0, 0.05) is 18.2 Å². The van der Waals surface area contributed by atoms with Crippen LogP contribution in [-0.2, 0) is 12.8 Å². The molecule has 20 heavy (non-hydrogen) atoms. The van der Waals surface area contributed by atoms with Crippen molar-refractivity contribution in [1.82, 2.24) is 9.97 Å². The predicted molar refractivity (Wildman–Crippen MR) is 80.3 cm³/mol. The second kappa shape index (κ2) is 6.54. The van der Waals surface area contributed by atoms with Crippen molar-refractivity contribution in [2.45, 2.75) is 26.2 Å². The molecular formula is C14H13BrF2N2S. The van der Waals surface area contributed by atoms with E-state index in [1.54, 1.807) is 0 Å². The molecule has 6 heteroatoms. The summed E-state index contributed by atoms with van der Waals surface area (Å²) in [4.78, 5) is 7.41. The van der Waals surface area contributed by atoms with Crippen LogP contribution in [0.3, 0.4) is 0 Å². The molecule has 0 saturated heterocycles. The number of aromatic nitrogens is 2. The van der Waals surface area contributed by atoms with Gasteiger partial charge in [-0.2, -0.15) is 0 Å². The van der Waals surface area contributed by atoms with Gasteiger partial charge in [0.25, 0.3) is 0 Å². The van der Waals surface area contributed by atoms with Crippen LogP contribution < -0.4 is 0 Å². The topological polar surface area (TPSA) is 28.7 Å². The lowest BCUT2D eigenvalue weighted by atomic mass is 10.1. The number of hydrogen-bond donors (Lipinski definition) is 1. The maximum atomic E-state index is 13.2. The molecule has 1 heterocycles. The van der Waals surface area contributed by atoms with E-state index in [-0.39, 0.29) is 0 Å². The Kier molecular flexibility index (Phi) is 4.99. The van der Waals surface area contributed by atoms with Crippen LogP contribution in [0.1, 0.15) is 30.4 Å². The lowest BCUT2D eigenvalue weighted by molar-refractivity contribution is 0.580. The van der Waals surface area contributed by atoms with E-state index in [1.807, 2.05) is 0 Å². The smallest absolute Gasteiger partial charge is 0.144 e. The fraction of sp³-hybridized carbons (Fsp3) is 0.286. The van der Waals surface area contributed by atoms with Crippen LogP contribution in [0.5, 0.6) is 0 Å². The van der Waals surface area contributed by atoms with Crippen molar-refractivity contribution >= 4 is 28.1 Å². The standard InChI is InChI=1S/C14H13BrF2N2S/c1-2-3-11-13(15)14(20)19-12(18-11)6-8-4-9(16)7-10(17)5-8/h4-5,7H,2-3,6H2,1H3,(H,18,19,20). The summed E-state index contributed by atoms with van der Waals surface area (Å²) in [6, 6.07) is 3.44. The van der Waals surface area contributed by atoms with Crippen molar-refractivity contribution in [3.63, 3.8) is 0 Å². The summed E-state index contributed by atoms with van der Waals surface area (Å²) in [6.45, 7) is 2.06. The second-order valence-electron chi connectivity index (χ2n) is 4.49. The highest BCUT2D eigenvalue weighted by molar-refractivity contribution is 9.10. The fourth-order valence-electron chi connectivity index (χ4n) is 1.97. The van der Waals surface area contributed by atoms with E-state index >= 15 is 0 Å². The average Bonchev–Trinajstić information content (AvgIpc) is 2.34. The molecule has 0 unspecified atom stereocenters. The minimum atomic E-state index is -0.593. The normalized spacial score (nSPS) is 10.8. The summed E-state index contributed by atoms with van der Waals surface area (Å²) < 4.78 is 27.6. The summed E-state index contributed by atoms with van der Waals surface area (Å²) in [6.07, 6.45) is 2.10. The third kappa shape index (κ3) is 3.70. The number of hydrogen-bond acceptors (Lipinski definition) is 2. The molecule has 0 aliphatic heterocycles. The zero-order valence-corrected chi connectivity index (χ0v) is 13.2. The quantitative estimate of drug-likeness (QED) is 0.800. The highest BCUT2D eigenvalue weighted by Gasteiger charge is 2.08. The number of H-pyrrole nitrogens is 1. The molecular weight excluding hydrogens is 346 g/mol. The minimum Gasteiger partial charge on any atom is -0.346 e. The van der Waals surface area contributed by atoms with Gasteiger partial charge < -0.3 is 4.98 Å². The molecule has 1 aromatic carbocycles. The van der Waals surface area contributed by atoms with Gasteiger partial charge in [0.1, 0.15) is 22.1 Å². The summed E-state index contributed by atoms with van der Waals surface area (Å²) in [5, 5.41) is 0. The summed E-state index contributed by atoms with van der Waals surface area (Å²) in [5.41, 5.74) is 1.48. The fourth-order valence-corrected chi connectivity index (χ4v) is 2.59. The number of benzene rings is 1. The zero-order chi connectivity index (χ0) is 14.7. The minimum absolute atomic E-state index is 0.308. The Labute approximate surface area is 129 Å². The molecule has 0 atom stereocenters. The third-order valence-corrected chi connectivity index (χ3v) is 4.19. The lowest BCUT2D eigenvalue weighted by Gasteiger charge is -2.08. The van der Waals surface area contributed by atoms with Gasteiger partial charge in [0.15, 0.2) is 0 Å². The van der Waals surface area contributed by atoms with E-state index in [4.69, 9.17) is 12.2 Å². The molecule has 0 saturated carbocycles. The van der Waals surface area contributed by atoms with Gasteiger partial charge >= 0.3 is 0 Å². The second-order valence-corrected chi connectivity index (χ2v) is 5.67. The molecule has 0 amide bonds. The largest absolute Gasteiger partial charge is 0.346 e. The number of aryl methyl sites for hydroxylation is 1. The molecule has 0 radical (unpaired) electrons. The van der Waals surface area contributed by atoms with Crippen molar-refractivity contribution in [3.05, 3.63) is 56.0 Å². The molecule has 0 aliphatic carbocycles. The van der Waals surface area contributed by atoms with Crippen LogP contribution in [0.2, 0.25) is 0 Å². The maximum Gasteiger partial charge on any atom is 0.144 e. The van der Waals surface area contributed by atoms with Crippen molar-refractivity contribution in [2.24, 2.45) is 0 Å². The van der Waals surface area contributed by atoms with Crippen molar-refractivity contribution < 1.29 is 8.78 Å². The first-order chi connectivity index (χ1) is 9.49. The van der Waals surface area contributed by atoms with E-state index in [1.165, 1.54) is 12.1 Å². The SMILES string of the molecule is CCCc1[nH]c(Cc2cc(F)cc(F)c2)nc(=S)c1Br. The van der Waals surface area contributed by atoms with E-state index in [2.05, 4.69) is 32.8 Å². The van der Waals surface area contributed by atoms with Gasteiger partial charge in [-0.15, -0.1) is 0 Å². The summed E-state index contributed by atoms with van der Waals surface area (Å²) in [7, 11) is 0. The van der Waals surface area contributed by atoms with Crippen molar-refractivity contribution in [3.8, 4) is 0 Å². The molecule has 106 valence electrons. The predicted octanol–water partition coefficient (Wildman–Crippen LogP) is 4.72. The monoisotopic (exact) mass is 358 g/mol. The molecule has 2 aromatic rings. The Morgan fingerprint density at radius 1 is 1.25 bits per heavy atom. The molecule has 2 rings (SSSR count). The Balaban J connectivity index is 2.36. The highest BCUT2D eigenvalue weighted by Crippen LogP contribution is 2.19. The van der Waals surface area contributed by atoms with Crippen molar-refractivity contribution in [1.29, 1.82) is 0 Å². The van der Waals surface area contributed by atoms with E-state index in [0.717, 1.165) is 29.1 Å². The van der Waals surface area contributed by atoms with Crippen LogP contribution >= 0.6 is 28.1 Å². The first-order valence-electron chi connectivity index (χ1n) is 6.22. The number of nitrogens with zero attached hydrogens (tertiary/aromatic N) is 1. The van der Waals surface area contributed by atoms with E-state index in [9.17, 15) is 8.78 Å². The van der Waals surface area contributed by atoms with Gasteiger partial charge in [-0.05, 0) is 40.0 Å². The highest BCUT2D eigenvalue weighted by atomic mass is 79.9.